The maximum Gasteiger partial charge on any atom is 0.212 e. The van der Waals surface area contributed by atoms with E-state index in [2.05, 4.69) is 20.4 Å². The molecular formula is C14H14ClN7. The molecule has 4 rings (SSSR count). The van der Waals surface area contributed by atoms with Crippen LogP contribution in [-0.4, -0.2) is 25.3 Å². The Kier molecular flexibility index (Phi) is 2.67. The highest BCUT2D eigenvalue weighted by Gasteiger charge is 2.29. The first-order valence-electron chi connectivity index (χ1n) is 6.82. The number of anilines is 1. The number of nitrogens with two attached hydrogens (primary N) is 1. The van der Waals surface area contributed by atoms with Crippen molar-refractivity contribution in [3.63, 3.8) is 0 Å². The zero-order valence-corrected chi connectivity index (χ0v) is 12.8. The number of benzene rings is 1. The number of hydrogen-bond acceptors (Lipinski definition) is 5. The van der Waals surface area contributed by atoms with Crippen LogP contribution in [0.1, 0.15) is 17.4 Å². The molecule has 7 nitrogen and oxygen atoms in total. The third kappa shape index (κ3) is 1.72. The first-order valence-corrected chi connectivity index (χ1v) is 7.20. The van der Waals surface area contributed by atoms with Crippen LogP contribution in [0.15, 0.2) is 29.3 Å². The summed E-state index contributed by atoms with van der Waals surface area (Å²) in [4.78, 5) is 9.09. The molecule has 0 amide bonds. The predicted molar refractivity (Wildman–Crippen MR) is 86.1 cm³/mol. The molecule has 1 aliphatic rings. The summed E-state index contributed by atoms with van der Waals surface area (Å²) in [5, 5.41) is 7.92. The van der Waals surface area contributed by atoms with E-state index in [1.54, 1.807) is 11.7 Å². The normalized spacial score (nSPS) is 17.2. The Balaban J connectivity index is 2.02. The van der Waals surface area contributed by atoms with Crippen LogP contribution in [0.2, 0.25) is 5.15 Å². The summed E-state index contributed by atoms with van der Waals surface area (Å²) < 4.78 is 3.63. The van der Waals surface area contributed by atoms with E-state index in [4.69, 9.17) is 17.3 Å². The van der Waals surface area contributed by atoms with Crippen molar-refractivity contribution in [3.8, 4) is 0 Å². The Labute approximate surface area is 131 Å². The fourth-order valence-electron chi connectivity index (χ4n) is 2.85. The molecule has 0 unspecified atom stereocenters. The van der Waals surface area contributed by atoms with Gasteiger partial charge in [-0.3, -0.25) is 14.6 Å². The summed E-state index contributed by atoms with van der Waals surface area (Å²) in [7, 11) is 1.81. The molecule has 3 aromatic rings. The van der Waals surface area contributed by atoms with Crippen molar-refractivity contribution in [1.29, 1.82) is 0 Å². The highest BCUT2D eigenvalue weighted by molar-refractivity contribution is 6.30. The van der Waals surface area contributed by atoms with Crippen molar-refractivity contribution in [2.45, 2.75) is 13.1 Å². The van der Waals surface area contributed by atoms with Gasteiger partial charge in [-0.25, -0.2) is 9.98 Å². The van der Waals surface area contributed by atoms with Gasteiger partial charge in [0.2, 0.25) is 5.95 Å². The van der Waals surface area contributed by atoms with Gasteiger partial charge in [0, 0.05) is 7.05 Å². The Bertz CT molecular complexity index is 921. The predicted octanol–water partition coefficient (Wildman–Crippen LogP) is 2.02. The van der Waals surface area contributed by atoms with Crippen LogP contribution in [0.3, 0.4) is 0 Å². The van der Waals surface area contributed by atoms with Crippen molar-refractivity contribution in [2.75, 3.05) is 5.32 Å². The lowest BCUT2D eigenvalue weighted by Gasteiger charge is -2.23. The molecule has 1 aliphatic heterocycles. The molecular weight excluding hydrogens is 302 g/mol. The molecule has 1 aromatic carbocycles. The summed E-state index contributed by atoms with van der Waals surface area (Å²) in [5.41, 5.74) is 9.41. The molecule has 0 spiro atoms. The number of aryl methyl sites for hydroxylation is 2. The second-order valence-electron chi connectivity index (χ2n) is 5.22. The van der Waals surface area contributed by atoms with E-state index in [0.717, 1.165) is 22.3 Å². The number of guanidine groups is 1. The fourth-order valence-corrected chi connectivity index (χ4v) is 3.12. The number of aromatic nitrogens is 4. The minimum absolute atomic E-state index is 0.312. The molecule has 0 saturated carbocycles. The maximum atomic E-state index is 6.42. The standard InChI is InChI=1S/C14H14ClN7/c1-7-10(11(15)21(2)20-7)12-18-13(16)19-14-17-8-5-3-4-6-9(8)22(12)14/h3-6,12H,1-2H3,(H3,16,17,18,19)/t12-/m1/s1. The molecule has 1 atom stereocenters. The summed E-state index contributed by atoms with van der Waals surface area (Å²) in [5.74, 6) is 0.963. The van der Waals surface area contributed by atoms with Crippen LogP contribution in [0.5, 0.6) is 0 Å². The van der Waals surface area contributed by atoms with Gasteiger partial charge in [-0.1, -0.05) is 23.7 Å². The van der Waals surface area contributed by atoms with Crippen molar-refractivity contribution in [3.05, 3.63) is 40.7 Å². The monoisotopic (exact) mass is 315 g/mol. The first-order chi connectivity index (χ1) is 10.6. The summed E-state index contributed by atoms with van der Waals surface area (Å²) in [6, 6.07) is 7.86. The van der Waals surface area contributed by atoms with E-state index < -0.39 is 0 Å². The van der Waals surface area contributed by atoms with Gasteiger partial charge in [0.05, 0.1) is 22.3 Å². The third-order valence-electron chi connectivity index (χ3n) is 3.80. The van der Waals surface area contributed by atoms with E-state index in [9.17, 15) is 0 Å². The van der Waals surface area contributed by atoms with Gasteiger partial charge in [-0.2, -0.15) is 5.10 Å². The van der Waals surface area contributed by atoms with E-state index in [1.807, 2.05) is 35.8 Å². The average molecular weight is 316 g/mol. The minimum Gasteiger partial charge on any atom is -0.370 e. The minimum atomic E-state index is -0.384. The Morgan fingerprint density at radius 2 is 2.09 bits per heavy atom. The zero-order valence-electron chi connectivity index (χ0n) is 12.1. The zero-order chi connectivity index (χ0) is 15.4. The average Bonchev–Trinajstić information content (AvgIpc) is 2.95. The van der Waals surface area contributed by atoms with Gasteiger partial charge >= 0.3 is 0 Å². The molecule has 0 fully saturated rings. The number of halogens is 1. The number of hydrogen-bond donors (Lipinski definition) is 2. The fraction of sp³-hybridized carbons (Fsp3) is 0.214. The molecule has 0 saturated heterocycles. The molecule has 3 N–H and O–H groups in total. The summed E-state index contributed by atoms with van der Waals surface area (Å²) in [6.45, 7) is 1.91. The molecule has 8 heteroatoms. The van der Waals surface area contributed by atoms with Gasteiger partial charge in [-0.15, -0.1) is 0 Å². The quantitative estimate of drug-likeness (QED) is 0.719. The van der Waals surface area contributed by atoms with Gasteiger partial charge < -0.3 is 5.73 Å². The number of para-hydroxylation sites is 2. The van der Waals surface area contributed by atoms with Gasteiger partial charge in [-0.05, 0) is 19.1 Å². The number of imidazole rings is 1. The molecule has 2 aromatic heterocycles. The van der Waals surface area contributed by atoms with E-state index >= 15 is 0 Å². The highest BCUT2D eigenvalue weighted by Crippen LogP contribution is 2.36. The molecule has 0 radical (unpaired) electrons. The number of nitrogens with one attached hydrogen (secondary N) is 1. The van der Waals surface area contributed by atoms with Crippen molar-refractivity contribution >= 4 is 34.5 Å². The maximum absolute atomic E-state index is 6.42. The van der Waals surface area contributed by atoms with Crippen LogP contribution in [0, 0.1) is 6.92 Å². The summed E-state index contributed by atoms with van der Waals surface area (Å²) >= 11 is 6.42. The van der Waals surface area contributed by atoms with Gasteiger partial charge in [0.1, 0.15) is 5.15 Å². The largest absolute Gasteiger partial charge is 0.370 e. The number of fused-ring (bicyclic) bond motifs is 3. The first kappa shape index (κ1) is 13.1. The van der Waals surface area contributed by atoms with Crippen LogP contribution >= 0.6 is 11.6 Å². The number of rotatable bonds is 1. The van der Waals surface area contributed by atoms with Crippen LogP contribution in [-0.2, 0) is 7.05 Å². The lowest BCUT2D eigenvalue weighted by atomic mass is 10.2. The molecule has 112 valence electrons. The Morgan fingerprint density at radius 3 is 2.82 bits per heavy atom. The Hall–Kier alpha value is -2.54. The molecule has 3 heterocycles. The van der Waals surface area contributed by atoms with E-state index in [0.29, 0.717) is 17.1 Å². The van der Waals surface area contributed by atoms with Crippen LogP contribution in [0.25, 0.3) is 11.0 Å². The SMILES string of the molecule is Cc1nn(C)c(Cl)c1[C@@H]1N=C(N)Nc2nc3ccccc3n21. The van der Waals surface area contributed by atoms with Crippen molar-refractivity contribution in [1.82, 2.24) is 19.3 Å². The molecule has 0 bridgehead atoms. The van der Waals surface area contributed by atoms with Crippen LogP contribution in [0.4, 0.5) is 5.95 Å². The Morgan fingerprint density at radius 1 is 1.32 bits per heavy atom. The van der Waals surface area contributed by atoms with E-state index in [-0.39, 0.29) is 6.17 Å². The lowest BCUT2D eigenvalue weighted by molar-refractivity contribution is 0.622. The third-order valence-corrected chi connectivity index (χ3v) is 4.24. The second-order valence-corrected chi connectivity index (χ2v) is 5.58. The van der Waals surface area contributed by atoms with Crippen molar-refractivity contribution < 1.29 is 0 Å². The van der Waals surface area contributed by atoms with Gasteiger partial charge in [0.25, 0.3) is 0 Å². The van der Waals surface area contributed by atoms with Crippen LogP contribution < -0.4 is 11.1 Å². The smallest absolute Gasteiger partial charge is 0.212 e. The lowest BCUT2D eigenvalue weighted by Crippen LogP contribution is -2.31. The molecule has 0 aliphatic carbocycles. The van der Waals surface area contributed by atoms with Crippen molar-refractivity contribution in [2.24, 2.45) is 17.8 Å². The molecule has 22 heavy (non-hydrogen) atoms. The topological polar surface area (TPSA) is 86.1 Å². The summed E-state index contributed by atoms with van der Waals surface area (Å²) in [6.07, 6.45) is -0.384. The highest BCUT2D eigenvalue weighted by atomic mass is 35.5. The number of nitrogens with zero attached hydrogens (tertiary/aromatic N) is 5. The van der Waals surface area contributed by atoms with E-state index in [1.165, 1.54) is 0 Å². The second kappa shape index (κ2) is 4.48. The van der Waals surface area contributed by atoms with Gasteiger partial charge in [0.15, 0.2) is 12.1 Å². The number of aliphatic imine (C=N–C) groups is 1.